The molecular weight excluding hydrogens is 343 g/mol. The number of carbonyl (C=O) groups excluding carboxylic acids is 2. The van der Waals surface area contributed by atoms with Crippen LogP contribution in [0.1, 0.15) is 5.56 Å². The molecule has 132 valence electrons. The maximum absolute atomic E-state index is 12.2. The van der Waals surface area contributed by atoms with Crippen LogP contribution in [-0.2, 0) is 4.79 Å². The number of alkyl halides is 3. The van der Waals surface area contributed by atoms with Gasteiger partial charge in [0.05, 0.1) is 5.75 Å². The number of aryl methyl sites for hydroxylation is 1. The molecule has 1 heterocycles. The molecule has 24 heavy (non-hydrogen) atoms. The number of benzene rings is 1. The first-order valence-electron chi connectivity index (χ1n) is 7.36. The molecule has 0 aliphatic carbocycles. The molecule has 3 amide bonds. The number of carbonyl (C=O) groups is 2. The fraction of sp³-hybridized carbons (Fsp3) is 0.467. The van der Waals surface area contributed by atoms with Crippen molar-refractivity contribution >= 4 is 29.4 Å². The first-order valence-corrected chi connectivity index (χ1v) is 8.34. The summed E-state index contributed by atoms with van der Waals surface area (Å²) in [6.45, 7) is 2.97. The lowest BCUT2D eigenvalue weighted by molar-refractivity contribution is -0.129. The van der Waals surface area contributed by atoms with Crippen LogP contribution in [0.3, 0.4) is 0 Å². The molecule has 1 N–H and O–H groups in total. The molecule has 1 saturated heterocycles. The summed E-state index contributed by atoms with van der Waals surface area (Å²) in [6, 6.07) is 7.08. The molecule has 1 aromatic rings. The van der Waals surface area contributed by atoms with E-state index in [1.807, 2.05) is 25.1 Å². The maximum Gasteiger partial charge on any atom is 0.442 e. The van der Waals surface area contributed by atoms with E-state index in [2.05, 4.69) is 5.32 Å². The third-order valence-electron chi connectivity index (χ3n) is 3.55. The largest absolute Gasteiger partial charge is 0.442 e. The number of piperazine rings is 1. The van der Waals surface area contributed by atoms with Crippen LogP contribution in [0.4, 0.5) is 23.7 Å². The van der Waals surface area contributed by atoms with E-state index < -0.39 is 17.2 Å². The summed E-state index contributed by atoms with van der Waals surface area (Å²) in [7, 11) is 0. The summed E-state index contributed by atoms with van der Waals surface area (Å²) < 4.78 is 36.4. The predicted molar refractivity (Wildman–Crippen MR) is 86.9 cm³/mol. The average molecular weight is 361 g/mol. The SMILES string of the molecule is Cc1cccc(NC(=O)N2CCN(C(=O)CSC(F)(F)F)CC2)c1. The Balaban J connectivity index is 1.79. The molecule has 1 aromatic carbocycles. The van der Waals surface area contributed by atoms with Crippen LogP contribution in [0.5, 0.6) is 0 Å². The number of rotatable bonds is 3. The lowest BCUT2D eigenvalue weighted by Crippen LogP contribution is -2.52. The number of amides is 3. The molecule has 5 nitrogen and oxygen atoms in total. The van der Waals surface area contributed by atoms with Crippen molar-refractivity contribution in [3.63, 3.8) is 0 Å². The molecule has 0 saturated carbocycles. The lowest BCUT2D eigenvalue weighted by Gasteiger charge is -2.34. The number of thioether (sulfide) groups is 1. The molecule has 0 atom stereocenters. The normalized spacial score (nSPS) is 15.3. The van der Waals surface area contributed by atoms with Gasteiger partial charge in [0, 0.05) is 31.9 Å². The highest BCUT2D eigenvalue weighted by atomic mass is 32.2. The highest BCUT2D eigenvalue weighted by Gasteiger charge is 2.31. The smallest absolute Gasteiger partial charge is 0.338 e. The van der Waals surface area contributed by atoms with E-state index in [9.17, 15) is 22.8 Å². The van der Waals surface area contributed by atoms with Gasteiger partial charge in [-0.2, -0.15) is 13.2 Å². The standard InChI is InChI=1S/C15H18F3N3O2S/c1-11-3-2-4-12(9-11)19-14(23)21-7-5-20(6-8-21)13(22)10-24-15(16,17)18/h2-4,9H,5-8,10H2,1H3,(H,19,23). The Hall–Kier alpha value is -1.90. The topological polar surface area (TPSA) is 52.7 Å². The quantitative estimate of drug-likeness (QED) is 0.901. The van der Waals surface area contributed by atoms with Gasteiger partial charge in [0.2, 0.25) is 5.91 Å². The highest BCUT2D eigenvalue weighted by molar-refractivity contribution is 8.00. The van der Waals surface area contributed by atoms with E-state index in [4.69, 9.17) is 0 Å². The van der Waals surface area contributed by atoms with Gasteiger partial charge in [0.25, 0.3) is 0 Å². The maximum atomic E-state index is 12.2. The van der Waals surface area contributed by atoms with Crippen LogP contribution < -0.4 is 5.32 Å². The van der Waals surface area contributed by atoms with Gasteiger partial charge in [0.15, 0.2) is 0 Å². The molecule has 1 fully saturated rings. The molecule has 1 aliphatic heterocycles. The summed E-state index contributed by atoms with van der Waals surface area (Å²) in [5, 5.41) is 2.77. The van der Waals surface area contributed by atoms with Crippen molar-refractivity contribution in [2.75, 3.05) is 37.2 Å². The second-order valence-corrected chi connectivity index (χ2v) is 6.44. The van der Waals surface area contributed by atoms with Crippen LogP contribution in [0, 0.1) is 6.92 Å². The Morgan fingerprint density at radius 2 is 1.79 bits per heavy atom. The van der Waals surface area contributed by atoms with Crippen molar-refractivity contribution in [1.29, 1.82) is 0 Å². The zero-order valence-corrected chi connectivity index (χ0v) is 13.9. The monoisotopic (exact) mass is 361 g/mol. The Bertz CT molecular complexity index is 602. The number of hydrogen-bond donors (Lipinski definition) is 1. The molecule has 0 aromatic heterocycles. The Morgan fingerprint density at radius 3 is 2.38 bits per heavy atom. The molecule has 2 rings (SSSR count). The van der Waals surface area contributed by atoms with Crippen LogP contribution in [-0.4, -0.2) is 59.2 Å². The van der Waals surface area contributed by atoms with Gasteiger partial charge in [-0.05, 0) is 36.4 Å². The van der Waals surface area contributed by atoms with Crippen molar-refractivity contribution in [3.05, 3.63) is 29.8 Å². The number of nitrogens with zero attached hydrogens (tertiary/aromatic N) is 2. The summed E-state index contributed by atoms with van der Waals surface area (Å²) in [4.78, 5) is 26.8. The predicted octanol–water partition coefficient (Wildman–Crippen LogP) is 2.92. The minimum absolute atomic E-state index is 0.235. The van der Waals surface area contributed by atoms with Crippen molar-refractivity contribution < 1.29 is 22.8 Å². The van der Waals surface area contributed by atoms with Gasteiger partial charge in [-0.15, -0.1) is 0 Å². The van der Waals surface area contributed by atoms with E-state index in [1.165, 1.54) is 4.90 Å². The van der Waals surface area contributed by atoms with Gasteiger partial charge in [-0.25, -0.2) is 4.79 Å². The van der Waals surface area contributed by atoms with Gasteiger partial charge < -0.3 is 15.1 Å². The third-order valence-corrected chi connectivity index (χ3v) is 4.27. The number of urea groups is 1. The fourth-order valence-corrected chi connectivity index (χ4v) is 2.79. The minimum Gasteiger partial charge on any atom is -0.338 e. The Labute approximate surface area is 142 Å². The van der Waals surface area contributed by atoms with Gasteiger partial charge in [-0.1, -0.05) is 12.1 Å². The van der Waals surface area contributed by atoms with Crippen LogP contribution in [0.25, 0.3) is 0 Å². The van der Waals surface area contributed by atoms with Gasteiger partial charge in [-0.3, -0.25) is 4.79 Å². The molecule has 0 bridgehead atoms. The number of anilines is 1. The van der Waals surface area contributed by atoms with Crippen LogP contribution in [0.2, 0.25) is 0 Å². The summed E-state index contributed by atoms with van der Waals surface area (Å²) in [6.07, 6.45) is 0. The third kappa shape index (κ3) is 5.63. The minimum atomic E-state index is -4.41. The van der Waals surface area contributed by atoms with E-state index in [0.717, 1.165) is 5.56 Å². The molecule has 1 aliphatic rings. The van der Waals surface area contributed by atoms with E-state index in [0.29, 0.717) is 18.8 Å². The molecule has 9 heteroatoms. The zero-order valence-electron chi connectivity index (χ0n) is 13.1. The molecule has 0 radical (unpaired) electrons. The molecule has 0 spiro atoms. The molecule has 0 unspecified atom stereocenters. The van der Waals surface area contributed by atoms with Crippen molar-refractivity contribution in [1.82, 2.24) is 9.80 Å². The Kier molecular flexibility index (Phi) is 5.98. The highest BCUT2D eigenvalue weighted by Crippen LogP contribution is 2.30. The second-order valence-electron chi connectivity index (χ2n) is 5.40. The van der Waals surface area contributed by atoms with Crippen molar-refractivity contribution in [2.45, 2.75) is 12.4 Å². The first kappa shape index (κ1) is 18.4. The number of halogens is 3. The summed E-state index contributed by atoms with van der Waals surface area (Å²) in [5.41, 5.74) is -2.71. The van der Waals surface area contributed by atoms with Crippen LogP contribution >= 0.6 is 11.8 Å². The number of hydrogen-bond acceptors (Lipinski definition) is 3. The lowest BCUT2D eigenvalue weighted by atomic mass is 10.2. The Morgan fingerprint density at radius 1 is 1.17 bits per heavy atom. The number of nitrogens with one attached hydrogen (secondary N) is 1. The zero-order chi connectivity index (χ0) is 17.7. The van der Waals surface area contributed by atoms with Gasteiger partial charge in [0.1, 0.15) is 0 Å². The van der Waals surface area contributed by atoms with Crippen LogP contribution in [0.15, 0.2) is 24.3 Å². The summed E-state index contributed by atoms with van der Waals surface area (Å²) >= 11 is -0.339. The molecular formula is C15H18F3N3O2S. The average Bonchev–Trinajstić information content (AvgIpc) is 2.52. The van der Waals surface area contributed by atoms with E-state index in [-0.39, 0.29) is 30.9 Å². The van der Waals surface area contributed by atoms with E-state index >= 15 is 0 Å². The summed E-state index contributed by atoms with van der Waals surface area (Å²) in [5.74, 6) is -1.19. The second kappa shape index (κ2) is 7.78. The fourth-order valence-electron chi connectivity index (χ4n) is 2.32. The first-order chi connectivity index (χ1) is 11.2. The van der Waals surface area contributed by atoms with Crippen molar-refractivity contribution in [2.24, 2.45) is 0 Å². The van der Waals surface area contributed by atoms with E-state index in [1.54, 1.807) is 11.0 Å². The van der Waals surface area contributed by atoms with Crippen molar-refractivity contribution in [3.8, 4) is 0 Å². The van der Waals surface area contributed by atoms with Gasteiger partial charge >= 0.3 is 11.5 Å².